The number of hydrogen-bond acceptors (Lipinski definition) is 8. The summed E-state index contributed by atoms with van der Waals surface area (Å²) in [5, 5.41) is 14.8. The fourth-order valence-electron chi connectivity index (χ4n) is 3.26. The second-order valence-corrected chi connectivity index (χ2v) is 10.2. The molecule has 3 rings (SSSR count). The zero-order valence-electron chi connectivity index (χ0n) is 18.6. The lowest BCUT2D eigenvalue weighted by Gasteiger charge is -2.09. The second-order valence-electron chi connectivity index (χ2n) is 6.90. The monoisotopic (exact) mass is 490 g/mol. The van der Waals surface area contributed by atoms with E-state index in [-0.39, 0.29) is 18.3 Å². The number of thioether (sulfide) groups is 1. The Bertz CT molecular complexity index is 1130. The van der Waals surface area contributed by atoms with Crippen LogP contribution in [0.15, 0.2) is 29.3 Å². The lowest BCUT2D eigenvalue weighted by atomic mass is 10.1. The Morgan fingerprint density at radius 2 is 2.09 bits per heavy atom. The van der Waals surface area contributed by atoms with E-state index in [0.29, 0.717) is 22.3 Å². The fraction of sp³-hybridized carbons (Fsp3) is 0.364. The number of aromatic nitrogens is 3. The molecule has 0 aromatic carbocycles. The second kappa shape index (κ2) is 10.9. The zero-order chi connectivity index (χ0) is 23.3. The van der Waals surface area contributed by atoms with Crippen molar-refractivity contribution in [1.82, 2.24) is 14.8 Å². The lowest BCUT2D eigenvalue weighted by Crippen LogP contribution is -2.16. The van der Waals surface area contributed by atoms with Gasteiger partial charge in [0, 0.05) is 27.2 Å². The number of rotatable bonds is 10. The van der Waals surface area contributed by atoms with Gasteiger partial charge in [0.1, 0.15) is 5.00 Å². The standard InChI is InChI=1S/C22H26N4O3S3/c1-6-9-26-19(17-11-30-14(5)15(17)7-2)24-25-22(26)31-12-18(27)23-20-16(10-13(4)32-20)21(28)29-8-3/h6,10-11H,1,7-9,12H2,2-5H3,(H,23,27). The van der Waals surface area contributed by atoms with Gasteiger partial charge in [0.05, 0.1) is 17.9 Å². The van der Waals surface area contributed by atoms with Crippen LogP contribution in [0.5, 0.6) is 0 Å². The Hall–Kier alpha value is -2.43. The van der Waals surface area contributed by atoms with Gasteiger partial charge in [-0.25, -0.2) is 4.79 Å². The number of nitrogens with one attached hydrogen (secondary N) is 1. The molecule has 1 N–H and O–H groups in total. The largest absolute Gasteiger partial charge is 0.462 e. The van der Waals surface area contributed by atoms with Crippen LogP contribution in [-0.4, -0.2) is 39.0 Å². The topological polar surface area (TPSA) is 86.1 Å². The molecule has 10 heteroatoms. The van der Waals surface area contributed by atoms with Crippen molar-refractivity contribution >= 4 is 51.3 Å². The van der Waals surface area contributed by atoms with E-state index in [1.54, 1.807) is 30.4 Å². The summed E-state index contributed by atoms with van der Waals surface area (Å²) in [6, 6.07) is 1.73. The molecule has 0 unspecified atom stereocenters. The van der Waals surface area contributed by atoms with Gasteiger partial charge in [-0.05, 0) is 38.8 Å². The van der Waals surface area contributed by atoms with E-state index >= 15 is 0 Å². The Morgan fingerprint density at radius 3 is 2.78 bits per heavy atom. The van der Waals surface area contributed by atoms with Crippen molar-refractivity contribution in [1.29, 1.82) is 0 Å². The Kier molecular flexibility index (Phi) is 8.27. The number of anilines is 1. The molecule has 0 atom stereocenters. The van der Waals surface area contributed by atoms with E-state index in [2.05, 4.69) is 41.3 Å². The maximum absolute atomic E-state index is 12.6. The smallest absolute Gasteiger partial charge is 0.341 e. The third-order valence-electron chi connectivity index (χ3n) is 4.66. The number of ether oxygens (including phenoxy) is 1. The van der Waals surface area contributed by atoms with Crippen LogP contribution in [0.3, 0.4) is 0 Å². The quantitative estimate of drug-likeness (QED) is 0.234. The van der Waals surface area contributed by atoms with E-state index < -0.39 is 5.97 Å². The van der Waals surface area contributed by atoms with Crippen LogP contribution in [0.25, 0.3) is 11.4 Å². The highest BCUT2D eigenvalue weighted by molar-refractivity contribution is 7.99. The normalized spacial score (nSPS) is 10.9. The van der Waals surface area contributed by atoms with Gasteiger partial charge in [-0.1, -0.05) is 24.8 Å². The molecule has 0 fully saturated rings. The van der Waals surface area contributed by atoms with Gasteiger partial charge in [0.15, 0.2) is 11.0 Å². The number of carbonyl (C=O) groups excluding carboxylic acids is 2. The molecule has 0 bridgehead atoms. The number of thiophene rings is 2. The molecule has 32 heavy (non-hydrogen) atoms. The highest BCUT2D eigenvalue weighted by Crippen LogP contribution is 2.33. The zero-order valence-corrected chi connectivity index (χ0v) is 21.0. The van der Waals surface area contributed by atoms with Crippen LogP contribution in [-0.2, 0) is 22.5 Å². The molecule has 0 aliphatic rings. The lowest BCUT2D eigenvalue weighted by molar-refractivity contribution is -0.113. The number of esters is 1. The van der Waals surface area contributed by atoms with Gasteiger partial charge >= 0.3 is 5.97 Å². The summed E-state index contributed by atoms with van der Waals surface area (Å²) in [6.07, 6.45) is 2.71. The Morgan fingerprint density at radius 1 is 1.31 bits per heavy atom. The first-order chi connectivity index (χ1) is 15.4. The van der Waals surface area contributed by atoms with Crippen molar-refractivity contribution in [3.63, 3.8) is 0 Å². The molecule has 0 aliphatic heterocycles. The van der Waals surface area contributed by atoms with E-state index in [1.807, 2.05) is 11.5 Å². The molecule has 0 aliphatic carbocycles. The molecule has 3 heterocycles. The van der Waals surface area contributed by atoms with Gasteiger partial charge < -0.3 is 10.1 Å². The summed E-state index contributed by atoms with van der Waals surface area (Å²) in [4.78, 5) is 27.0. The summed E-state index contributed by atoms with van der Waals surface area (Å²) in [6.45, 7) is 12.5. The number of hydrogen-bond donors (Lipinski definition) is 1. The summed E-state index contributed by atoms with van der Waals surface area (Å²) >= 11 is 4.35. The van der Waals surface area contributed by atoms with Crippen molar-refractivity contribution in [3.8, 4) is 11.4 Å². The molecule has 0 radical (unpaired) electrons. The molecular weight excluding hydrogens is 464 g/mol. The molecule has 0 saturated heterocycles. The minimum absolute atomic E-state index is 0.137. The first-order valence-corrected chi connectivity index (χ1v) is 12.9. The van der Waals surface area contributed by atoms with Gasteiger partial charge in [0.2, 0.25) is 5.91 Å². The predicted octanol–water partition coefficient (Wildman–Crippen LogP) is 5.34. The molecule has 3 aromatic rings. The van der Waals surface area contributed by atoms with Crippen molar-refractivity contribution in [2.75, 3.05) is 17.7 Å². The average molecular weight is 491 g/mol. The van der Waals surface area contributed by atoms with Crippen molar-refractivity contribution in [3.05, 3.63) is 45.0 Å². The summed E-state index contributed by atoms with van der Waals surface area (Å²) in [5.41, 5.74) is 2.72. The predicted molar refractivity (Wildman–Crippen MR) is 132 cm³/mol. The maximum atomic E-state index is 12.6. The van der Waals surface area contributed by atoms with Crippen LogP contribution in [0.4, 0.5) is 5.00 Å². The van der Waals surface area contributed by atoms with Gasteiger partial charge in [-0.15, -0.1) is 39.4 Å². The molecule has 7 nitrogen and oxygen atoms in total. The molecule has 0 saturated carbocycles. The number of aryl methyl sites for hydroxylation is 2. The fourth-order valence-corrected chi connectivity index (χ4v) is 5.86. The third kappa shape index (κ3) is 5.31. The molecule has 3 aromatic heterocycles. The van der Waals surface area contributed by atoms with Crippen molar-refractivity contribution < 1.29 is 14.3 Å². The Balaban J connectivity index is 1.75. The van der Waals surface area contributed by atoms with E-state index in [1.165, 1.54) is 33.5 Å². The van der Waals surface area contributed by atoms with Gasteiger partial charge in [-0.3, -0.25) is 9.36 Å². The van der Waals surface area contributed by atoms with Crippen LogP contribution in [0, 0.1) is 13.8 Å². The van der Waals surface area contributed by atoms with Crippen LogP contribution >= 0.6 is 34.4 Å². The first-order valence-electron chi connectivity index (χ1n) is 10.2. The van der Waals surface area contributed by atoms with Gasteiger partial charge in [-0.2, -0.15) is 0 Å². The van der Waals surface area contributed by atoms with E-state index in [0.717, 1.165) is 22.7 Å². The number of amides is 1. The highest BCUT2D eigenvalue weighted by atomic mass is 32.2. The average Bonchev–Trinajstić information content (AvgIpc) is 3.43. The maximum Gasteiger partial charge on any atom is 0.341 e. The van der Waals surface area contributed by atoms with Crippen LogP contribution in [0.1, 0.15) is 39.5 Å². The number of carbonyl (C=O) groups is 2. The minimum atomic E-state index is -0.437. The Labute approximate surface area is 199 Å². The summed E-state index contributed by atoms with van der Waals surface area (Å²) < 4.78 is 7.06. The molecule has 1 amide bonds. The SMILES string of the molecule is C=CCn1c(SCC(=O)Nc2sc(C)cc2C(=O)OCC)nnc1-c1csc(C)c1CC. The van der Waals surface area contributed by atoms with Crippen molar-refractivity contribution in [2.45, 2.75) is 45.8 Å². The third-order valence-corrected chi connectivity index (χ3v) is 7.55. The summed E-state index contributed by atoms with van der Waals surface area (Å²) in [5.74, 6) is 0.260. The van der Waals surface area contributed by atoms with Crippen molar-refractivity contribution in [2.24, 2.45) is 0 Å². The van der Waals surface area contributed by atoms with Crippen LogP contribution in [0.2, 0.25) is 0 Å². The number of nitrogens with zero attached hydrogens (tertiary/aromatic N) is 3. The van der Waals surface area contributed by atoms with E-state index in [9.17, 15) is 9.59 Å². The first kappa shape index (κ1) is 24.2. The molecular formula is C22H26N4O3S3. The summed E-state index contributed by atoms with van der Waals surface area (Å²) in [7, 11) is 0. The van der Waals surface area contributed by atoms with Crippen LogP contribution < -0.4 is 5.32 Å². The highest BCUT2D eigenvalue weighted by Gasteiger charge is 2.21. The molecule has 170 valence electrons. The van der Waals surface area contributed by atoms with Gasteiger partial charge in [0.25, 0.3) is 0 Å². The number of allylic oxidation sites excluding steroid dienone is 1. The molecule has 0 spiro atoms. The van der Waals surface area contributed by atoms with E-state index in [4.69, 9.17) is 4.74 Å². The minimum Gasteiger partial charge on any atom is -0.462 e.